The van der Waals surface area contributed by atoms with Crippen LogP contribution in [0.1, 0.15) is 43.4 Å². The molecule has 1 saturated carbocycles. The van der Waals surface area contributed by atoms with Crippen molar-refractivity contribution in [3.8, 4) is 0 Å². The van der Waals surface area contributed by atoms with Crippen molar-refractivity contribution in [1.29, 1.82) is 0 Å². The first-order chi connectivity index (χ1) is 14.9. The fourth-order valence-corrected chi connectivity index (χ4v) is 5.19. The van der Waals surface area contributed by atoms with Crippen LogP contribution in [0, 0.1) is 0 Å². The zero-order valence-electron chi connectivity index (χ0n) is 18.2. The van der Waals surface area contributed by atoms with Gasteiger partial charge in [0.25, 0.3) is 0 Å². The molecule has 31 heavy (non-hydrogen) atoms. The monoisotopic (exact) mass is 601 g/mol. The average Bonchev–Trinajstić information content (AvgIpc) is 3.53. The molecular formula is C25H27HgN4O. The van der Waals surface area contributed by atoms with Crippen LogP contribution < -0.4 is 10.6 Å². The molecule has 5 nitrogen and oxygen atoms in total. The summed E-state index contributed by atoms with van der Waals surface area (Å²) in [5, 5.41) is 12.4. The van der Waals surface area contributed by atoms with Gasteiger partial charge < -0.3 is 5.32 Å². The number of hydrogen-bond donors (Lipinski definition) is 2. The summed E-state index contributed by atoms with van der Waals surface area (Å²) in [6, 6.07) is 17.0. The van der Waals surface area contributed by atoms with E-state index in [1.807, 2.05) is 6.92 Å². The normalized spacial score (nSPS) is 17.9. The Labute approximate surface area is 200 Å². The van der Waals surface area contributed by atoms with E-state index in [0.717, 1.165) is 55.2 Å². The molecule has 1 amide bonds. The zero-order chi connectivity index (χ0) is 22.0. The Morgan fingerprint density at radius 3 is 2.45 bits per heavy atom. The molecule has 155 valence electrons. The number of aryl methyl sites for hydroxylation is 1. The maximum absolute atomic E-state index is 12.7. The first-order valence-electron chi connectivity index (χ1n) is 10.7. The second-order valence-corrected chi connectivity index (χ2v) is 13.6. The van der Waals surface area contributed by atoms with Gasteiger partial charge >= 0.3 is 147 Å². The third-order valence-electron chi connectivity index (χ3n) is 5.93. The van der Waals surface area contributed by atoms with Crippen LogP contribution in [0.3, 0.4) is 0 Å². The summed E-state index contributed by atoms with van der Waals surface area (Å²) in [6.45, 7) is 8.57. The van der Waals surface area contributed by atoms with E-state index in [1.54, 1.807) is 6.08 Å². The van der Waals surface area contributed by atoms with E-state index < -0.39 is 0 Å². The minimum absolute atomic E-state index is 0.197. The van der Waals surface area contributed by atoms with Crippen LogP contribution in [-0.4, -0.2) is 23.2 Å². The predicted molar refractivity (Wildman–Crippen MR) is 121 cm³/mol. The van der Waals surface area contributed by atoms with Gasteiger partial charge in [0.2, 0.25) is 0 Å². The molecule has 0 radical (unpaired) electrons. The number of carbonyl (C=O) groups is 1. The Morgan fingerprint density at radius 2 is 1.87 bits per heavy atom. The van der Waals surface area contributed by atoms with Crippen molar-refractivity contribution in [2.45, 2.75) is 36.0 Å². The van der Waals surface area contributed by atoms with Gasteiger partial charge in [-0.1, -0.05) is 19.1 Å². The number of benzene rings is 2. The van der Waals surface area contributed by atoms with Gasteiger partial charge in [0, 0.05) is 5.69 Å². The third kappa shape index (κ3) is 5.09. The van der Waals surface area contributed by atoms with Crippen molar-refractivity contribution in [2.24, 2.45) is 5.10 Å². The quantitative estimate of drug-likeness (QED) is 0.366. The third-order valence-corrected chi connectivity index (χ3v) is 10.3. The molecule has 0 saturated heterocycles. The van der Waals surface area contributed by atoms with Crippen LogP contribution >= 0.6 is 0 Å². The van der Waals surface area contributed by atoms with Crippen molar-refractivity contribution < 1.29 is 30.9 Å². The Morgan fingerprint density at radius 1 is 1.19 bits per heavy atom. The van der Waals surface area contributed by atoms with Gasteiger partial charge in [0.05, 0.1) is 0 Å². The van der Waals surface area contributed by atoms with Crippen LogP contribution in [0.2, 0.25) is 0 Å². The summed E-state index contributed by atoms with van der Waals surface area (Å²) in [4.78, 5) is 12.7. The summed E-state index contributed by atoms with van der Waals surface area (Å²) in [7, 11) is 0. The number of rotatable bonds is 7. The van der Waals surface area contributed by atoms with Crippen molar-refractivity contribution in [2.75, 3.05) is 11.9 Å². The van der Waals surface area contributed by atoms with Crippen molar-refractivity contribution >= 4 is 17.3 Å². The first-order valence-corrected chi connectivity index (χ1v) is 13.5. The molecule has 2 aliphatic rings. The molecule has 0 aromatic heterocycles. The van der Waals surface area contributed by atoms with E-state index in [-0.39, 0.29) is 5.91 Å². The molecule has 0 bridgehead atoms. The van der Waals surface area contributed by atoms with Crippen molar-refractivity contribution in [1.82, 2.24) is 10.3 Å². The topological polar surface area (TPSA) is 56.7 Å². The number of nitrogens with one attached hydrogen (secondary N) is 2. The molecule has 0 spiro atoms. The number of hydrazone groups is 1. The SMILES string of the molecule is C=C1NC(CNc2ccc(CC)cc2)=CC(=O)N1/N=C(\C)c1ccc([C]2([Hg])CC2)cc1. The molecule has 1 heterocycles. The van der Waals surface area contributed by atoms with Gasteiger partial charge in [-0.15, -0.1) is 0 Å². The average molecular weight is 600 g/mol. The number of nitrogens with zero attached hydrogens (tertiary/aromatic N) is 2. The van der Waals surface area contributed by atoms with Crippen LogP contribution in [0.15, 0.2) is 77.8 Å². The molecule has 4 rings (SSSR count). The number of hydrogen-bond acceptors (Lipinski definition) is 4. The Hall–Kier alpha value is -2.40. The summed E-state index contributed by atoms with van der Waals surface area (Å²) in [5.41, 5.74) is 6.35. The Bertz CT molecular complexity index is 1050. The fourth-order valence-electron chi connectivity index (χ4n) is 3.59. The van der Waals surface area contributed by atoms with Crippen LogP contribution in [-0.2, 0) is 40.3 Å². The van der Waals surface area contributed by atoms with E-state index in [9.17, 15) is 4.79 Å². The molecule has 2 aromatic carbocycles. The van der Waals surface area contributed by atoms with Gasteiger partial charge in [-0.05, 0) is 24.1 Å². The molecule has 2 N–H and O–H groups in total. The number of carbonyl (C=O) groups excluding carboxylic acids is 1. The van der Waals surface area contributed by atoms with Gasteiger partial charge in [0.15, 0.2) is 0 Å². The van der Waals surface area contributed by atoms with E-state index >= 15 is 0 Å². The standard InChI is InChI=1S/C25H27N4O.Hg/c1-4-19-5-13-23(14-6-19)26-16-24-15-25(30)29(18(3)27-24)28-17(2)20-7-9-21(10-8-20)22-11-12-22;/h5-10,13-15,26-27H,3-4,11-12,16H2,1-2H3;/b28-17+;. The molecule has 1 aliphatic carbocycles. The van der Waals surface area contributed by atoms with E-state index in [4.69, 9.17) is 0 Å². The van der Waals surface area contributed by atoms with Crippen molar-refractivity contribution in [3.05, 3.63) is 89.4 Å². The Kier molecular flexibility index (Phi) is 6.33. The minimum atomic E-state index is -0.197. The summed E-state index contributed by atoms with van der Waals surface area (Å²) < 4.78 is 0.540. The predicted octanol–water partition coefficient (Wildman–Crippen LogP) is 4.41. The molecule has 0 unspecified atom stereocenters. The van der Waals surface area contributed by atoms with E-state index in [1.165, 1.54) is 29.0 Å². The van der Waals surface area contributed by atoms with Crippen LogP contribution in [0.4, 0.5) is 5.69 Å². The van der Waals surface area contributed by atoms with Crippen molar-refractivity contribution in [3.63, 3.8) is 0 Å². The first kappa shape index (κ1) is 21.8. The number of anilines is 1. The van der Waals surface area contributed by atoms with Crippen LogP contribution in [0.5, 0.6) is 0 Å². The number of amides is 1. The second kappa shape index (κ2) is 8.99. The molecule has 6 heteroatoms. The summed E-state index contributed by atoms with van der Waals surface area (Å²) in [6.07, 6.45) is 5.26. The zero-order valence-corrected chi connectivity index (χ0v) is 23.7. The van der Waals surface area contributed by atoms with Gasteiger partial charge in [-0.3, -0.25) is 0 Å². The maximum atomic E-state index is 12.7. The summed E-state index contributed by atoms with van der Waals surface area (Å²) in [5.74, 6) is 0.261. The van der Waals surface area contributed by atoms with Crippen LogP contribution in [0.25, 0.3) is 0 Å². The van der Waals surface area contributed by atoms with Gasteiger partial charge in [-0.2, -0.15) is 0 Å². The molecule has 1 fully saturated rings. The van der Waals surface area contributed by atoms with Gasteiger partial charge in [0.1, 0.15) is 0 Å². The Balaban J connectivity index is 1.41. The molecule has 1 aliphatic heterocycles. The van der Waals surface area contributed by atoms with E-state index in [0.29, 0.717) is 15.3 Å². The molecule has 0 atom stereocenters. The fraction of sp³-hybridized carbons (Fsp3) is 0.280. The molecular weight excluding hydrogens is 573 g/mol. The van der Waals surface area contributed by atoms with E-state index in [2.05, 4.69) is 77.8 Å². The summed E-state index contributed by atoms with van der Waals surface area (Å²) >= 11 is 0.757. The van der Waals surface area contributed by atoms with Gasteiger partial charge in [-0.25, -0.2) is 0 Å². The molecule has 2 aromatic rings. The second-order valence-electron chi connectivity index (χ2n) is 8.34.